The third-order valence-corrected chi connectivity index (χ3v) is 3.31. The fraction of sp³-hybridized carbons (Fsp3) is 0.111. The average molecular weight is 310 g/mol. The molecule has 5 heteroatoms. The Balaban J connectivity index is 1.89. The Morgan fingerprint density at radius 2 is 1.87 bits per heavy atom. The molecular formula is C18H14O5. The van der Waals surface area contributed by atoms with Gasteiger partial charge in [-0.15, -0.1) is 0 Å². The van der Waals surface area contributed by atoms with Crippen LogP contribution < -0.4 is 4.74 Å². The van der Waals surface area contributed by atoms with E-state index in [1.54, 1.807) is 30.3 Å². The van der Waals surface area contributed by atoms with Crippen molar-refractivity contribution < 1.29 is 23.5 Å². The van der Waals surface area contributed by atoms with E-state index in [1.165, 1.54) is 13.2 Å². The van der Waals surface area contributed by atoms with Gasteiger partial charge in [-0.2, -0.15) is 0 Å². The van der Waals surface area contributed by atoms with Crippen LogP contribution in [0.25, 0.3) is 11.0 Å². The highest BCUT2D eigenvalue weighted by Crippen LogP contribution is 2.27. The van der Waals surface area contributed by atoms with Crippen LogP contribution in [0.4, 0.5) is 0 Å². The number of benzene rings is 2. The lowest BCUT2D eigenvalue weighted by Gasteiger charge is -2.06. The normalized spacial score (nSPS) is 10.5. The van der Waals surface area contributed by atoms with E-state index in [9.17, 15) is 9.59 Å². The second-order valence-electron chi connectivity index (χ2n) is 4.90. The summed E-state index contributed by atoms with van der Waals surface area (Å²) in [7, 11) is 0. The number of esters is 1. The lowest BCUT2D eigenvalue weighted by Crippen LogP contribution is -2.06. The van der Waals surface area contributed by atoms with E-state index in [0.29, 0.717) is 27.8 Å². The number of carbonyl (C=O) groups excluding carboxylic acids is 2. The van der Waals surface area contributed by atoms with Crippen LogP contribution in [0.1, 0.15) is 22.8 Å². The molecule has 23 heavy (non-hydrogen) atoms. The molecule has 2 aromatic carbocycles. The highest BCUT2D eigenvalue weighted by atomic mass is 16.7. The van der Waals surface area contributed by atoms with Gasteiger partial charge < -0.3 is 13.9 Å². The molecule has 0 amide bonds. The molecule has 3 rings (SSSR count). The summed E-state index contributed by atoms with van der Waals surface area (Å²) in [5.41, 5.74) is 1.63. The van der Waals surface area contributed by atoms with Crippen LogP contribution in [-0.2, 0) is 9.53 Å². The first-order chi connectivity index (χ1) is 11.1. The van der Waals surface area contributed by atoms with Crippen LogP contribution in [0.3, 0.4) is 0 Å². The summed E-state index contributed by atoms with van der Waals surface area (Å²) in [6.45, 7) is 1.12. The van der Waals surface area contributed by atoms with Gasteiger partial charge in [0.25, 0.3) is 0 Å². The van der Waals surface area contributed by atoms with Crippen molar-refractivity contribution in [2.75, 3.05) is 6.79 Å². The van der Waals surface area contributed by atoms with Gasteiger partial charge in [-0.25, -0.2) is 0 Å². The Labute approximate surface area is 132 Å². The van der Waals surface area contributed by atoms with Gasteiger partial charge in [0.1, 0.15) is 17.6 Å². The Bertz CT molecular complexity index is 848. The zero-order valence-corrected chi connectivity index (χ0v) is 12.4. The van der Waals surface area contributed by atoms with Crippen molar-refractivity contribution in [1.29, 1.82) is 0 Å². The highest BCUT2D eigenvalue weighted by molar-refractivity contribution is 6.16. The predicted octanol–water partition coefficient (Wildman–Crippen LogP) is 3.56. The number of rotatable bonds is 5. The summed E-state index contributed by atoms with van der Waals surface area (Å²) in [5.74, 6) is -0.0573. The molecule has 0 aliphatic rings. The molecule has 0 unspecified atom stereocenters. The standard InChI is InChI=1S/C18H14O5/c1-12(19)22-11-23-14-7-8-17-15(9-14)16(10-21-17)18(20)13-5-3-2-4-6-13/h2-10H,11H2,1H3. The van der Waals surface area contributed by atoms with Crippen molar-refractivity contribution in [3.05, 3.63) is 65.9 Å². The molecule has 3 aromatic rings. The predicted molar refractivity (Wildman–Crippen MR) is 83.3 cm³/mol. The number of ketones is 1. The number of hydrogen-bond acceptors (Lipinski definition) is 5. The molecule has 1 aromatic heterocycles. The van der Waals surface area contributed by atoms with E-state index in [-0.39, 0.29) is 12.6 Å². The molecule has 0 saturated heterocycles. The minimum Gasteiger partial charge on any atom is -0.464 e. The second-order valence-corrected chi connectivity index (χ2v) is 4.90. The summed E-state index contributed by atoms with van der Waals surface area (Å²) in [6, 6.07) is 14.1. The van der Waals surface area contributed by atoms with Crippen molar-refractivity contribution in [1.82, 2.24) is 0 Å². The Morgan fingerprint density at radius 1 is 1.09 bits per heavy atom. The molecule has 0 fully saturated rings. The zero-order valence-electron chi connectivity index (χ0n) is 12.4. The van der Waals surface area contributed by atoms with Crippen molar-refractivity contribution in [2.24, 2.45) is 0 Å². The van der Waals surface area contributed by atoms with Crippen LogP contribution >= 0.6 is 0 Å². The minimum atomic E-state index is -0.422. The number of ether oxygens (including phenoxy) is 2. The molecule has 0 spiro atoms. The van der Waals surface area contributed by atoms with E-state index in [1.807, 2.05) is 18.2 Å². The molecule has 0 bridgehead atoms. The highest BCUT2D eigenvalue weighted by Gasteiger charge is 2.16. The van der Waals surface area contributed by atoms with Crippen LogP contribution in [0.5, 0.6) is 5.75 Å². The van der Waals surface area contributed by atoms with Gasteiger partial charge in [0.05, 0.1) is 5.56 Å². The third kappa shape index (κ3) is 3.23. The van der Waals surface area contributed by atoms with E-state index in [2.05, 4.69) is 0 Å². The summed E-state index contributed by atoms with van der Waals surface area (Å²) in [4.78, 5) is 23.3. The lowest BCUT2D eigenvalue weighted by molar-refractivity contribution is -0.147. The quantitative estimate of drug-likeness (QED) is 0.409. The molecule has 1 heterocycles. The van der Waals surface area contributed by atoms with Gasteiger partial charge in [-0.3, -0.25) is 9.59 Å². The lowest BCUT2D eigenvalue weighted by atomic mass is 10.0. The SMILES string of the molecule is CC(=O)OCOc1ccc2occ(C(=O)c3ccccc3)c2c1. The van der Waals surface area contributed by atoms with Crippen LogP contribution in [0.2, 0.25) is 0 Å². The molecule has 116 valence electrons. The van der Waals surface area contributed by atoms with E-state index < -0.39 is 5.97 Å². The van der Waals surface area contributed by atoms with E-state index >= 15 is 0 Å². The average Bonchev–Trinajstić information content (AvgIpc) is 2.98. The van der Waals surface area contributed by atoms with Gasteiger partial charge in [-0.1, -0.05) is 30.3 Å². The van der Waals surface area contributed by atoms with Crippen molar-refractivity contribution >= 4 is 22.7 Å². The maximum atomic E-state index is 12.6. The number of furan rings is 1. The van der Waals surface area contributed by atoms with E-state index in [4.69, 9.17) is 13.9 Å². The molecule has 0 atom stereocenters. The first-order valence-electron chi connectivity index (χ1n) is 7.02. The Morgan fingerprint density at radius 3 is 2.61 bits per heavy atom. The second kappa shape index (κ2) is 6.36. The van der Waals surface area contributed by atoms with Crippen LogP contribution in [-0.4, -0.2) is 18.5 Å². The molecule has 0 aliphatic heterocycles. The monoisotopic (exact) mass is 310 g/mol. The maximum Gasteiger partial charge on any atom is 0.305 e. The number of carbonyl (C=O) groups is 2. The largest absolute Gasteiger partial charge is 0.464 e. The zero-order chi connectivity index (χ0) is 16.2. The van der Waals surface area contributed by atoms with Gasteiger partial charge in [0, 0.05) is 17.9 Å². The van der Waals surface area contributed by atoms with Crippen molar-refractivity contribution in [2.45, 2.75) is 6.92 Å². The first kappa shape index (κ1) is 14.8. The summed E-state index contributed by atoms with van der Waals surface area (Å²) in [6.07, 6.45) is 1.44. The number of hydrogen-bond donors (Lipinski definition) is 0. The molecular weight excluding hydrogens is 296 g/mol. The van der Waals surface area contributed by atoms with Crippen LogP contribution in [0, 0.1) is 0 Å². The third-order valence-electron chi connectivity index (χ3n) is 3.31. The van der Waals surface area contributed by atoms with E-state index in [0.717, 1.165) is 0 Å². The van der Waals surface area contributed by atoms with Crippen LogP contribution in [0.15, 0.2) is 59.2 Å². The van der Waals surface area contributed by atoms with Crippen molar-refractivity contribution in [3.8, 4) is 5.75 Å². The maximum absolute atomic E-state index is 12.6. The minimum absolute atomic E-state index is 0.124. The van der Waals surface area contributed by atoms with Gasteiger partial charge in [-0.05, 0) is 18.2 Å². The topological polar surface area (TPSA) is 65.7 Å². The van der Waals surface area contributed by atoms with Gasteiger partial charge in [0.15, 0.2) is 5.78 Å². The fourth-order valence-electron chi connectivity index (χ4n) is 2.20. The molecule has 0 N–H and O–H groups in total. The smallest absolute Gasteiger partial charge is 0.305 e. The molecule has 5 nitrogen and oxygen atoms in total. The fourth-order valence-corrected chi connectivity index (χ4v) is 2.20. The Kier molecular flexibility index (Phi) is 4.10. The molecule has 0 aliphatic carbocycles. The molecule has 0 saturated carbocycles. The summed E-state index contributed by atoms with van der Waals surface area (Å²) < 4.78 is 15.5. The first-order valence-corrected chi connectivity index (χ1v) is 7.02. The number of fused-ring (bicyclic) bond motifs is 1. The summed E-state index contributed by atoms with van der Waals surface area (Å²) >= 11 is 0. The van der Waals surface area contributed by atoms with Gasteiger partial charge >= 0.3 is 5.97 Å². The molecule has 0 radical (unpaired) electrons. The Hall–Kier alpha value is -3.08. The van der Waals surface area contributed by atoms with Crippen molar-refractivity contribution in [3.63, 3.8) is 0 Å². The summed E-state index contributed by atoms with van der Waals surface area (Å²) in [5, 5.41) is 0.652. The van der Waals surface area contributed by atoms with Gasteiger partial charge in [0.2, 0.25) is 6.79 Å².